The zero-order valence-electron chi connectivity index (χ0n) is 35.2. The topological polar surface area (TPSA) is 216 Å². The van der Waals surface area contributed by atoms with Gasteiger partial charge >= 0.3 is 27.6 Å². The van der Waals surface area contributed by atoms with E-state index in [0.717, 1.165) is 25.7 Å². The summed E-state index contributed by atoms with van der Waals surface area (Å²) in [6, 6.07) is 0. The third kappa shape index (κ3) is 40.8. The molecule has 5 N–H and O–H groups in total. The van der Waals surface area contributed by atoms with E-state index in [-0.39, 0.29) is 12.8 Å². The van der Waals surface area contributed by atoms with E-state index in [1.165, 1.54) is 77.0 Å². The Morgan fingerprint density at radius 3 is 1.74 bits per heavy atom. The van der Waals surface area contributed by atoms with Gasteiger partial charge in [-0.25, -0.2) is 9.13 Å². The Balaban J connectivity index is 4.69. The van der Waals surface area contributed by atoms with Crippen molar-refractivity contribution in [2.75, 3.05) is 26.4 Å². The molecule has 0 aliphatic carbocycles. The van der Waals surface area contributed by atoms with Crippen molar-refractivity contribution in [2.45, 2.75) is 180 Å². The molecular weight excluding hydrogens is 790 g/mol. The molecule has 0 radical (unpaired) electrons. The van der Waals surface area contributed by atoms with Crippen LogP contribution in [0.4, 0.5) is 0 Å². The fourth-order valence-electron chi connectivity index (χ4n) is 5.48. The van der Waals surface area contributed by atoms with E-state index < -0.39 is 72.3 Å². The third-order valence-electron chi connectivity index (χ3n) is 8.79. The van der Waals surface area contributed by atoms with Crippen LogP contribution in [0.3, 0.4) is 0 Å². The molecule has 0 rings (SSSR count). The number of esters is 2. The summed E-state index contributed by atoms with van der Waals surface area (Å²) >= 11 is 0. The lowest BCUT2D eigenvalue weighted by atomic mass is 10.0. The van der Waals surface area contributed by atoms with Crippen molar-refractivity contribution in [2.24, 2.45) is 0 Å². The molecule has 0 spiro atoms. The molecule has 0 aromatic carbocycles. The van der Waals surface area contributed by atoms with Gasteiger partial charge in [0.15, 0.2) is 6.10 Å². The number of aliphatic hydroxyl groups is 2. The van der Waals surface area contributed by atoms with Crippen molar-refractivity contribution >= 4 is 27.6 Å². The third-order valence-corrected chi connectivity index (χ3v) is 10.2. The Labute approximate surface area is 348 Å². The number of rotatable bonds is 40. The molecule has 0 aromatic heterocycles. The second-order valence-electron chi connectivity index (χ2n) is 14.5. The first-order chi connectivity index (χ1) is 27.8. The highest BCUT2D eigenvalue weighted by Crippen LogP contribution is 2.43. The van der Waals surface area contributed by atoms with Crippen LogP contribution in [0.5, 0.6) is 0 Å². The highest BCUT2D eigenvalue weighted by molar-refractivity contribution is 7.47. The molecular formula is C42H76O14P2. The van der Waals surface area contributed by atoms with Crippen LogP contribution in [-0.4, -0.2) is 81.6 Å². The fraction of sp³-hybridized carbons (Fsp3) is 0.762. The van der Waals surface area contributed by atoms with Gasteiger partial charge in [0.2, 0.25) is 0 Å². The molecule has 0 aromatic rings. The Hall–Kier alpha value is -1.96. The molecule has 0 aliphatic rings. The van der Waals surface area contributed by atoms with E-state index in [1.807, 2.05) is 36.5 Å². The highest BCUT2D eigenvalue weighted by atomic mass is 31.2. The van der Waals surface area contributed by atoms with E-state index in [1.54, 1.807) is 6.08 Å². The summed E-state index contributed by atoms with van der Waals surface area (Å²) in [6.07, 6.45) is 34.2. The summed E-state index contributed by atoms with van der Waals surface area (Å²) in [5.41, 5.74) is 0. The highest BCUT2D eigenvalue weighted by Gasteiger charge is 2.28. The van der Waals surface area contributed by atoms with Crippen LogP contribution in [-0.2, 0) is 41.8 Å². The first kappa shape index (κ1) is 56.0. The van der Waals surface area contributed by atoms with Crippen molar-refractivity contribution < 1.29 is 66.7 Å². The lowest BCUT2D eigenvalue weighted by molar-refractivity contribution is -0.161. The second kappa shape index (κ2) is 38.0. The molecule has 0 fully saturated rings. The largest absolute Gasteiger partial charge is 0.472 e. The number of carbonyl (C=O) groups excluding carboxylic acids is 2. The summed E-state index contributed by atoms with van der Waals surface area (Å²) in [5, 5.41) is 19.8. The van der Waals surface area contributed by atoms with E-state index >= 15 is 0 Å². The quantitative estimate of drug-likeness (QED) is 0.0127. The lowest BCUT2D eigenvalue weighted by Gasteiger charge is -2.20. The number of unbranched alkanes of at least 4 members (excludes halogenated alkanes) is 16. The number of phosphoric ester groups is 2. The number of allylic oxidation sites excluding steroid dienone is 6. The number of phosphoric acid groups is 2. The van der Waals surface area contributed by atoms with Gasteiger partial charge in [-0.05, 0) is 44.9 Å². The molecule has 58 heavy (non-hydrogen) atoms. The van der Waals surface area contributed by atoms with Crippen LogP contribution in [0.2, 0.25) is 0 Å². The lowest BCUT2D eigenvalue weighted by Crippen LogP contribution is -2.29. The Morgan fingerprint density at radius 1 is 0.569 bits per heavy atom. The van der Waals surface area contributed by atoms with Crippen LogP contribution in [0.25, 0.3) is 0 Å². The van der Waals surface area contributed by atoms with Gasteiger partial charge in [0, 0.05) is 12.8 Å². The number of carbonyl (C=O) groups is 2. The minimum Gasteiger partial charge on any atom is -0.462 e. The van der Waals surface area contributed by atoms with Gasteiger partial charge in [-0.15, -0.1) is 0 Å². The predicted molar refractivity (Wildman–Crippen MR) is 227 cm³/mol. The molecule has 0 saturated heterocycles. The molecule has 0 amide bonds. The molecule has 0 saturated carbocycles. The number of hydrogen-bond acceptors (Lipinski definition) is 11. The van der Waals surface area contributed by atoms with Gasteiger partial charge in [0.1, 0.15) is 12.7 Å². The van der Waals surface area contributed by atoms with E-state index in [0.29, 0.717) is 32.1 Å². The standard InChI is InChI=1S/C42H76O14P2/c1-3-5-7-9-11-12-13-14-15-16-20-24-28-32-41(45)52-36-40(37-55-58(50,51)54-35-39(44)34-53-57(47,48)49)56-42(46)33-29-25-21-18-17-19-23-27-31-38(43)30-26-22-10-8-6-4-2/h18-19,21-23,26-27,31,38-40,43-44H,3-17,20,24-25,28-30,32-37H2,1-2H3,(H,50,51)(H2,47,48,49)/b21-18-,23-19-,26-22-,31-27+/t38-,39-,40+/m0/s1. The normalized spacial score (nSPS) is 15.1. The molecule has 0 aliphatic heterocycles. The molecule has 4 atom stereocenters. The van der Waals surface area contributed by atoms with Gasteiger partial charge in [-0.1, -0.05) is 152 Å². The van der Waals surface area contributed by atoms with E-state index in [9.17, 15) is 33.8 Å². The van der Waals surface area contributed by atoms with Crippen LogP contribution >= 0.6 is 15.6 Å². The van der Waals surface area contributed by atoms with Crippen LogP contribution in [0, 0.1) is 0 Å². The monoisotopic (exact) mass is 866 g/mol. The second-order valence-corrected chi connectivity index (χ2v) is 17.2. The molecule has 338 valence electrons. The number of hydrogen-bond donors (Lipinski definition) is 5. The maximum absolute atomic E-state index is 12.6. The first-order valence-corrected chi connectivity index (χ1v) is 24.5. The summed E-state index contributed by atoms with van der Waals surface area (Å²) in [4.78, 5) is 52.6. The molecule has 0 bridgehead atoms. The Morgan fingerprint density at radius 2 is 1.10 bits per heavy atom. The fourth-order valence-corrected chi connectivity index (χ4v) is 6.64. The average Bonchev–Trinajstić information content (AvgIpc) is 3.17. The zero-order chi connectivity index (χ0) is 43.2. The van der Waals surface area contributed by atoms with Crippen LogP contribution in [0.15, 0.2) is 48.6 Å². The van der Waals surface area contributed by atoms with Crippen LogP contribution < -0.4 is 0 Å². The van der Waals surface area contributed by atoms with Gasteiger partial charge in [0.25, 0.3) is 0 Å². The Bertz CT molecular complexity index is 1230. The summed E-state index contributed by atoms with van der Waals surface area (Å²) in [5.74, 6) is -1.13. The Kier molecular flexibility index (Phi) is 36.7. The smallest absolute Gasteiger partial charge is 0.462 e. The van der Waals surface area contributed by atoms with Gasteiger partial charge in [-0.3, -0.25) is 23.2 Å². The average molecular weight is 867 g/mol. The molecule has 16 heteroatoms. The maximum atomic E-state index is 12.6. The predicted octanol–water partition coefficient (Wildman–Crippen LogP) is 9.64. The van der Waals surface area contributed by atoms with Crippen molar-refractivity contribution in [1.29, 1.82) is 0 Å². The summed E-state index contributed by atoms with van der Waals surface area (Å²) < 4.78 is 47.6. The van der Waals surface area contributed by atoms with E-state index in [2.05, 4.69) is 29.0 Å². The van der Waals surface area contributed by atoms with Gasteiger partial charge in [-0.2, -0.15) is 0 Å². The summed E-state index contributed by atoms with van der Waals surface area (Å²) in [7, 11) is -9.71. The van der Waals surface area contributed by atoms with Crippen molar-refractivity contribution in [3.8, 4) is 0 Å². The maximum Gasteiger partial charge on any atom is 0.472 e. The van der Waals surface area contributed by atoms with Crippen molar-refractivity contribution in [3.63, 3.8) is 0 Å². The van der Waals surface area contributed by atoms with Crippen LogP contribution in [0.1, 0.15) is 162 Å². The SMILES string of the molecule is CCCCC/C=C\C[C@H](O)/C=C/C=C\C/C=C\CCCC(=O)O[C@H](COC(=O)CCCCCCCCCCCCCCC)COP(=O)(O)OC[C@@H](O)COP(=O)(O)O. The minimum absolute atomic E-state index is 0.0241. The van der Waals surface area contributed by atoms with Gasteiger partial charge < -0.3 is 34.4 Å². The van der Waals surface area contributed by atoms with Crippen molar-refractivity contribution in [1.82, 2.24) is 0 Å². The number of ether oxygens (including phenoxy) is 2. The zero-order valence-corrected chi connectivity index (χ0v) is 37.0. The van der Waals surface area contributed by atoms with Crippen molar-refractivity contribution in [3.05, 3.63) is 48.6 Å². The summed E-state index contributed by atoms with van der Waals surface area (Å²) in [6.45, 7) is 1.57. The molecule has 1 unspecified atom stereocenters. The molecule has 14 nitrogen and oxygen atoms in total. The molecule has 0 heterocycles. The minimum atomic E-state index is -4.87. The van der Waals surface area contributed by atoms with Gasteiger partial charge in [0.05, 0.1) is 25.9 Å². The first-order valence-electron chi connectivity index (χ1n) is 21.4. The number of aliphatic hydroxyl groups excluding tert-OH is 2. The van der Waals surface area contributed by atoms with E-state index in [4.69, 9.17) is 23.8 Å².